The molecule has 1 nitrogen and oxygen atoms in total. The Morgan fingerprint density at radius 3 is 2.50 bits per heavy atom. The lowest BCUT2D eigenvalue weighted by Crippen LogP contribution is -1.93. The molecule has 0 amide bonds. The minimum absolute atomic E-state index is 0.508. The van der Waals surface area contributed by atoms with Gasteiger partial charge in [0.1, 0.15) is 0 Å². The molecule has 2 unspecified atom stereocenters. The Labute approximate surface area is 73.4 Å². The molecule has 2 atom stereocenters. The van der Waals surface area contributed by atoms with E-state index < -0.39 is 0 Å². The summed E-state index contributed by atoms with van der Waals surface area (Å²) in [5.74, 6) is 0. The van der Waals surface area contributed by atoms with Crippen LogP contribution in [0.2, 0.25) is 0 Å². The molecule has 2 rings (SSSR count). The zero-order valence-electron chi connectivity index (χ0n) is 7.36. The highest BCUT2D eigenvalue weighted by molar-refractivity contribution is 5.15. The van der Waals surface area contributed by atoms with E-state index in [1.54, 1.807) is 0 Å². The smallest absolute Gasteiger partial charge is 0.0842 e. The van der Waals surface area contributed by atoms with Crippen LogP contribution in [0.5, 0.6) is 0 Å². The molecule has 1 heteroatoms. The van der Waals surface area contributed by atoms with Crippen molar-refractivity contribution in [2.45, 2.75) is 32.0 Å². The molecule has 0 aliphatic carbocycles. The van der Waals surface area contributed by atoms with Gasteiger partial charge in [0.25, 0.3) is 0 Å². The summed E-state index contributed by atoms with van der Waals surface area (Å²) in [4.78, 5) is 0. The maximum absolute atomic E-state index is 5.34. The summed E-state index contributed by atoms with van der Waals surface area (Å²) in [5.41, 5.74) is 1.42. The molecule has 0 aromatic heterocycles. The van der Waals surface area contributed by atoms with Gasteiger partial charge >= 0.3 is 0 Å². The molecule has 1 aromatic rings. The highest BCUT2D eigenvalue weighted by atomic mass is 16.6. The number of hydrogen-bond acceptors (Lipinski definition) is 1. The third-order valence-corrected chi connectivity index (χ3v) is 2.40. The molecular weight excluding hydrogens is 148 g/mol. The second-order valence-corrected chi connectivity index (χ2v) is 3.40. The normalized spacial score (nSPS) is 27.1. The van der Waals surface area contributed by atoms with Crippen molar-refractivity contribution in [2.75, 3.05) is 0 Å². The van der Waals surface area contributed by atoms with Crippen LogP contribution in [-0.4, -0.2) is 12.2 Å². The Morgan fingerprint density at radius 2 is 1.92 bits per heavy atom. The predicted octanol–water partition coefficient (Wildman–Crippen LogP) is 2.41. The number of ether oxygens (including phenoxy) is 1. The van der Waals surface area contributed by atoms with Crippen molar-refractivity contribution in [3.8, 4) is 0 Å². The van der Waals surface area contributed by atoms with Gasteiger partial charge in [-0.1, -0.05) is 30.3 Å². The molecule has 1 saturated heterocycles. The second-order valence-electron chi connectivity index (χ2n) is 3.40. The van der Waals surface area contributed by atoms with Crippen molar-refractivity contribution in [3.63, 3.8) is 0 Å². The minimum atomic E-state index is 0.508. The molecule has 1 aliphatic rings. The third-order valence-electron chi connectivity index (χ3n) is 2.40. The van der Waals surface area contributed by atoms with Gasteiger partial charge < -0.3 is 4.74 Å². The van der Waals surface area contributed by atoms with E-state index in [4.69, 9.17) is 4.74 Å². The molecule has 0 saturated carbocycles. The lowest BCUT2D eigenvalue weighted by Gasteiger charge is -1.96. The fourth-order valence-corrected chi connectivity index (χ4v) is 1.49. The van der Waals surface area contributed by atoms with Crippen molar-refractivity contribution in [1.29, 1.82) is 0 Å². The van der Waals surface area contributed by atoms with Crippen molar-refractivity contribution in [2.24, 2.45) is 0 Å². The number of benzene rings is 1. The summed E-state index contributed by atoms with van der Waals surface area (Å²) >= 11 is 0. The highest BCUT2D eigenvalue weighted by Crippen LogP contribution is 2.25. The SMILES string of the molecule is CC1OC1CCc1ccccc1. The van der Waals surface area contributed by atoms with Gasteiger partial charge in [-0.05, 0) is 25.3 Å². The minimum Gasteiger partial charge on any atom is -0.370 e. The molecule has 1 heterocycles. The zero-order valence-corrected chi connectivity index (χ0v) is 7.36. The summed E-state index contributed by atoms with van der Waals surface area (Å²) in [6, 6.07) is 10.6. The highest BCUT2D eigenvalue weighted by Gasteiger charge is 2.32. The standard InChI is InChI=1S/C11H14O/c1-9-11(12-9)8-7-10-5-3-2-4-6-10/h2-6,9,11H,7-8H2,1H3. The van der Waals surface area contributed by atoms with Crippen LogP contribution in [-0.2, 0) is 11.2 Å². The second kappa shape index (κ2) is 3.28. The van der Waals surface area contributed by atoms with Crippen LogP contribution in [0.25, 0.3) is 0 Å². The molecule has 12 heavy (non-hydrogen) atoms. The molecule has 1 aliphatic heterocycles. The molecule has 0 radical (unpaired) electrons. The maximum Gasteiger partial charge on any atom is 0.0842 e. The van der Waals surface area contributed by atoms with Gasteiger partial charge in [0.15, 0.2) is 0 Å². The van der Waals surface area contributed by atoms with Gasteiger partial charge in [-0.15, -0.1) is 0 Å². The topological polar surface area (TPSA) is 12.5 Å². The monoisotopic (exact) mass is 162 g/mol. The van der Waals surface area contributed by atoms with Gasteiger partial charge in [-0.3, -0.25) is 0 Å². The van der Waals surface area contributed by atoms with E-state index in [1.165, 1.54) is 12.0 Å². The first-order chi connectivity index (χ1) is 5.86. The van der Waals surface area contributed by atoms with Gasteiger partial charge in [-0.2, -0.15) is 0 Å². The fourth-order valence-electron chi connectivity index (χ4n) is 1.49. The third kappa shape index (κ3) is 1.86. The summed E-state index contributed by atoms with van der Waals surface area (Å²) in [5, 5.41) is 0. The first-order valence-corrected chi connectivity index (χ1v) is 4.55. The van der Waals surface area contributed by atoms with E-state index in [2.05, 4.69) is 37.3 Å². The molecule has 0 bridgehead atoms. The van der Waals surface area contributed by atoms with Crippen molar-refractivity contribution < 1.29 is 4.74 Å². The van der Waals surface area contributed by atoms with Crippen LogP contribution in [0.1, 0.15) is 18.9 Å². The number of epoxide rings is 1. The predicted molar refractivity (Wildman–Crippen MR) is 49.1 cm³/mol. The molecule has 64 valence electrons. The Balaban J connectivity index is 1.80. The Kier molecular flexibility index (Phi) is 2.13. The Bertz CT molecular complexity index is 242. The van der Waals surface area contributed by atoms with Crippen molar-refractivity contribution in [1.82, 2.24) is 0 Å². The lowest BCUT2D eigenvalue weighted by molar-refractivity contribution is 0.370. The van der Waals surface area contributed by atoms with E-state index in [0.29, 0.717) is 12.2 Å². The summed E-state index contributed by atoms with van der Waals surface area (Å²) in [6.07, 6.45) is 3.36. The van der Waals surface area contributed by atoms with Crippen LogP contribution in [0.15, 0.2) is 30.3 Å². The molecule has 1 fully saturated rings. The number of rotatable bonds is 3. The Hall–Kier alpha value is -0.820. The van der Waals surface area contributed by atoms with E-state index in [0.717, 1.165) is 6.42 Å². The van der Waals surface area contributed by atoms with E-state index in [1.807, 2.05) is 0 Å². The average molecular weight is 162 g/mol. The average Bonchev–Trinajstić information content (AvgIpc) is 2.81. The van der Waals surface area contributed by atoms with Gasteiger partial charge in [0.05, 0.1) is 12.2 Å². The molecule has 0 N–H and O–H groups in total. The largest absolute Gasteiger partial charge is 0.370 e. The van der Waals surface area contributed by atoms with E-state index in [-0.39, 0.29) is 0 Å². The van der Waals surface area contributed by atoms with Gasteiger partial charge in [0.2, 0.25) is 0 Å². The quantitative estimate of drug-likeness (QED) is 0.622. The summed E-state index contributed by atoms with van der Waals surface area (Å²) < 4.78 is 5.34. The fraction of sp³-hybridized carbons (Fsp3) is 0.455. The van der Waals surface area contributed by atoms with Crippen molar-refractivity contribution >= 4 is 0 Å². The number of hydrogen-bond donors (Lipinski definition) is 0. The number of aryl methyl sites for hydroxylation is 1. The molecule has 0 spiro atoms. The van der Waals surface area contributed by atoms with Crippen LogP contribution in [0, 0.1) is 0 Å². The van der Waals surface area contributed by atoms with E-state index >= 15 is 0 Å². The summed E-state index contributed by atoms with van der Waals surface area (Å²) in [7, 11) is 0. The van der Waals surface area contributed by atoms with Crippen LogP contribution in [0.4, 0.5) is 0 Å². The van der Waals surface area contributed by atoms with Gasteiger partial charge in [0, 0.05) is 0 Å². The van der Waals surface area contributed by atoms with Crippen LogP contribution in [0.3, 0.4) is 0 Å². The lowest BCUT2D eigenvalue weighted by atomic mass is 10.1. The van der Waals surface area contributed by atoms with Gasteiger partial charge in [-0.25, -0.2) is 0 Å². The van der Waals surface area contributed by atoms with Crippen LogP contribution < -0.4 is 0 Å². The van der Waals surface area contributed by atoms with E-state index in [9.17, 15) is 0 Å². The summed E-state index contributed by atoms with van der Waals surface area (Å²) in [6.45, 7) is 2.13. The molecular formula is C11H14O. The van der Waals surface area contributed by atoms with Crippen molar-refractivity contribution in [3.05, 3.63) is 35.9 Å². The molecule has 1 aromatic carbocycles. The first kappa shape index (κ1) is 7.81. The first-order valence-electron chi connectivity index (χ1n) is 4.55. The zero-order chi connectivity index (χ0) is 8.39. The maximum atomic E-state index is 5.34. The van der Waals surface area contributed by atoms with Crippen LogP contribution >= 0.6 is 0 Å². The Morgan fingerprint density at radius 1 is 1.25 bits per heavy atom.